The number of phenolic OH excluding ortho intramolecular Hbond substituents is 1. The molecule has 1 amide bonds. The zero-order chi connectivity index (χ0) is 28.4. The number of unbranched alkanes of at least 4 members (excludes halogenated alkanes) is 1. The Labute approximate surface area is 229 Å². The average molecular weight is 553 g/mol. The van der Waals surface area contributed by atoms with E-state index < -0.39 is 58.0 Å². The van der Waals surface area contributed by atoms with E-state index in [0.29, 0.717) is 5.56 Å². The highest BCUT2D eigenvalue weighted by atomic mass is 32.1. The first-order valence-corrected chi connectivity index (χ1v) is 13.8. The Morgan fingerprint density at radius 3 is 2.51 bits per heavy atom. The van der Waals surface area contributed by atoms with Crippen molar-refractivity contribution in [3.63, 3.8) is 0 Å². The monoisotopic (exact) mass is 552 g/mol. The lowest BCUT2D eigenvalue weighted by Gasteiger charge is -2.50. The van der Waals surface area contributed by atoms with Gasteiger partial charge in [-0.15, -0.1) is 11.3 Å². The standard InChI is InChI=1S/C29H32N2O7S/c1-4-5-6-14-7-10-19(39-14)15-8-9-18(32)21-16(15)11-13-12-17-23(31(2)3)25(34)22(28(30)37)27(36)29(17,38)26(35)20(13)24(21)33/h7-10,13,17,23,32-33,36,38H,4-6,11-12H2,1-3H3,(H2,30,37). The number of carbonyl (C=O) groups is 3. The summed E-state index contributed by atoms with van der Waals surface area (Å²) in [6.07, 6.45) is 3.43. The maximum Gasteiger partial charge on any atom is 0.255 e. The van der Waals surface area contributed by atoms with E-state index >= 15 is 0 Å². The Morgan fingerprint density at radius 2 is 1.87 bits per heavy atom. The second-order valence-electron chi connectivity index (χ2n) is 10.8. The SMILES string of the molecule is CCCCc1ccc(-c2ccc(O)c3c2CC2CC4C(N(C)C)C(=O)C(C(N)=O)=C(O)C4(O)C(=O)C2=C3O)s1. The van der Waals surface area contributed by atoms with E-state index in [0.717, 1.165) is 29.7 Å². The van der Waals surface area contributed by atoms with Gasteiger partial charge in [0.05, 0.1) is 11.6 Å². The smallest absolute Gasteiger partial charge is 0.255 e. The zero-order valence-corrected chi connectivity index (χ0v) is 22.8. The zero-order valence-electron chi connectivity index (χ0n) is 22.0. The van der Waals surface area contributed by atoms with Crippen LogP contribution in [0.4, 0.5) is 0 Å². The van der Waals surface area contributed by atoms with Crippen molar-refractivity contribution in [3.8, 4) is 16.2 Å². The second-order valence-corrected chi connectivity index (χ2v) is 12.0. The number of likely N-dealkylation sites (N-methyl/N-ethyl adjacent to an activating group) is 1. The number of rotatable bonds is 6. The summed E-state index contributed by atoms with van der Waals surface area (Å²) in [6, 6.07) is 6.24. The number of nitrogens with zero attached hydrogens (tertiary/aromatic N) is 1. The molecule has 0 spiro atoms. The average Bonchev–Trinajstić information content (AvgIpc) is 3.33. The van der Waals surface area contributed by atoms with Crippen molar-refractivity contribution in [2.24, 2.45) is 17.6 Å². The fourth-order valence-electron chi connectivity index (χ4n) is 6.48. The number of hydrogen-bond donors (Lipinski definition) is 5. The molecule has 0 aliphatic heterocycles. The van der Waals surface area contributed by atoms with Gasteiger partial charge < -0.3 is 26.2 Å². The van der Waals surface area contributed by atoms with Gasteiger partial charge in [0.25, 0.3) is 5.91 Å². The van der Waals surface area contributed by atoms with E-state index in [1.54, 1.807) is 31.5 Å². The van der Waals surface area contributed by atoms with Gasteiger partial charge in [-0.2, -0.15) is 0 Å². The van der Waals surface area contributed by atoms with Crippen LogP contribution in [0.25, 0.3) is 16.2 Å². The summed E-state index contributed by atoms with van der Waals surface area (Å²) in [5.74, 6) is -6.52. The number of phenols is 1. The third-order valence-electron chi connectivity index (χ3n) is 8.31. The molecule has 0 saturated heterocycles. The van der Waals surface area contributed by atoms with Crippen LogP contribution in [0, 0.1) is 11.8 Å². The van der Waals surface area contributed by atoms with E-state index in [1.807, 2.05) is 6.07 Å². The number of amides is 1. The lowest BCUT2D eigenvalue weighted by atomic mass is 9.57. The van der Waals surface area contributed by atoms with E-state index in [4.69, 9.17) is 5.73 Å². The number of Topliss-reactive ketones (excluding diaryl/α,β-unsaturated/α-hetero) is 2. The Morgan fingerprint density at radius 1 is 1.15 bits per heavy atom. The molecular formula is C29H32N2O7S. The van der Waals surface area contributed by atoms with Crippen molar-refractivity contribution in [1.29, 1.82) is 0 Å². The predicted molar refractivity (Wildman–Crippen MR) is 146 cm³/mol. The Kier molecular flexibility index (Phi) is 6.69. The fraction of sp³-hybridized carbons (Fsp3) is 0.414. The van der Waals surface area contributed by atoms with Crippen LogP contribution in [0.2, 0.25) is 0 Å². The molecule has 4 unspecified atom stereocenters. The number of ketones is 2. The largest absolute Gasteiger partial charge is 0.508 e. The number of fused-ring (bicyclic) bond motifs is 3. The highest BCUT2D eigenvalue weighted by Crippen LogP contribution is 2.53. The van der Waals surface area contributed by atoms with E-state index in [9.17, 15) is 34.8 Å². The van der Waals surface area contributed by atoms with Crippen LogP contribution >= 0.6 is 11.3 Å². The predicted octanol–water partition coefficient (Wildman–Crippen LogP) is 3.04. The number of hydrogen-bond acceptors (Lipinski definition) is 9. The molecule has 1 aromatic carbocycles. The first-order valence-electron chi connectivity index (χ1n) is 13.0. The minimum absolute atomic E-state index is 0.0625. The minimum atomic E-state index is -2.64. The molecule has 1 aromatic heterocycles. The molecule has 6 N–H and O–H groups in total. The molecule has 0 radical (unpaired) electrons. The van der Waals surface area contributed by atoms with Crippen LogP contribution in [0.15, 0.2) is 41.2 Å². The number of nitrogens with two attached hydrogens (primary N) is 1. The van der Waals surface area contributed by atoms with Crippen molar-refractivity contribution >= 4 is 34.6 Å². The molecule has 0 bridgehead atoms. The van der Waals surface area contributed by atoms with Crippen LogP contribution in [-0.4, -0.2) is 68.5 Å². The van der Waals surface area contributed by atoms with Gasteiger partial charge in [-0.05, 0) is 81.1 Å². The number of aliphatic hydroxyl groups excluding tert-OH is 2. The summed E-state index contributed by atoms with van der Waals surface area (Å²) in [5.41, 5.74) is 3.36. The fourth-order valence-corrected chi connectivity index (χ4v) is 7.59. The molecule has 10 heteroatoms. The van der Waals surface area contributed by atoms with E-state index in [2.05, 4.69) is 13.0 Å². The van der Waals surface area contributed by atoms with Crippen LogP contribution < -0.4 is 5.73 Å². The van der Waals surface area contributed by atoms with Gasteiger partial charge in [-0.25, -0.2) is 0 Å². The molecule has 3 aliphatic carbocycles. The van der Waals surface area contributed by atoms with Gasteiger partial charge in [0.1, 0.15) is 22.8 Å². The Balaban J connectivity index is 1.68. The maximum atomic E-state index is 13.9. The molecule has 1 heterocycles. The lowest BCUT2D eigenvalue weighted by Crippen LogP contribution is -2.65. The number of thiophene rings is 1. The highest BCUT2D eigenvalue weighted by molar-refractivity contribution is 7.15. The van der Waals surface area contributed by atoms with Gasteiger partial charge >= 0.3 is 0 Å². The number of aliphatic hydroxyl groups is 3. The van der Waals surface area contributed by atoms with Crippen LogP contribution in [0.1, 0.15) is 42.2 Å². The van der Waals surface area contributed by atoms with Gasteiger partial charge in [-0.3, -0.25) is 19.3 Å². The van der Waals surface area contributed by atoms with Crippen molar-refractivity contribution in [3.05, 3.63) is 57.2 Å². The van der Waals surface area contributed by atoms with Gasteiger partial charge in [0.2, 0.25) is 5.78 Å². The normalized spacial score (nSPS) is 26.5. The first-order chi connectivity index (χ1) is 18.4. The highest BCUT2D eigenvalue weighted by Gasteiger charge is 2.64. The first kappa shape index (κ1) is 27.1. The molecular weight excluding hydrogens is 520 g/mol. The summed E-state index contributed by atoms with van der Waals surface area (Å²) in [6.45, 7) is 2.13. The molecule has 3 aliphatic rings. The Hall–Kier alpha value is -3.47. The van der Waals surface area contributed by atoms with Gasteiger partial charge in [0, 0.05) is 21.2 Å². The lowest BCUT2D eigenvalue weighted by molar-refractivity contribution is -0.153. The van der Waals surface area contributed by atoms with Gasteiger partial charge in [0.15, 0.2) is 11.4 Å². The summed E-state index contributed by atoms with van der Waals surface area (Å²) in [4.78, 5) is 43.0. The number of carbonyl (C=O) groups excluding carboxylic acids is 3. The molecule has 5 rings (SSSR count). The number of primary amides is 1. The Bertz CT molecular complexity index is 1470. The maximum absolute atomic E-state index is 13.9. The van der Waals surface area contributed by atoms with Crippen LogP contribution in [-0.2, 0) is 27.2 Å². The molecule has 39 heavy (non-hydrogen) atoms. The summed E-state index contributed by atoms with van der Waals surface area (Å²) < 4.78 is 0. The van der Waals surface area contributed by atoms with Crippen LogP contribution in [0.3, 0.4) is 0 Å². The molecule has 4 atom stereocenters. The number of aromatic hydroxyl groups is 1. The number of aryl methyl sites for hydroxylation is 1. The van der Waals surface area contributed by atoms with Crippen molar-refractivity contribution < 1.29 is 34.8 Å². The van der Waals surface area contributed by atoms with Gasteiger partial charge in [-0.1, -0.05) is 13.3 Å². The quantitative estimate of drug-likeness (QED) is 0.342. The minimum Gasteiger partial charge on any atom is -0.508 e. The summed E-state index contributed by atoms with van der Waals surface area (Å²) in [7, 11) is 3.16. The molecule has 1 saturated carbocycles. The molecule has 9 nitrogen and oxygen atoms in total. The molecule has 206 valence electrons. The topological polar surface area (TPSA) is 161 Å². The van der Waals surface area contributed by atoms with E-state index in [1.165, 1.54) is 15.8 Å². The van der Waals surface area contributed by atoms with E-state index in [-0.39, 0.29) is 29.7 Å². The summed E-state index contributed by atoms with van der Waals surface area (Å²) in [5, 5.41) is 44.8. The van der Waals surface area contributed by atoms with Crippen LogP contribution in [0.5, 0.6) is 5.75 Å². The molecule has 1 fully saturated rings. The summed E-state index contributed by atoms with van der Waals surface area (Å²) >= 11 is 1.64. The second kappa shape index (κ2) is 9.62. The van der Waals surface area contributed by atoms with Crippen molar-refractivity contribution in [2.75, 3.05) is 14.1 Å². The van der Waals surface area contributed by atoms with Crippen molar-refractivity contribution in [1.82, 2.24) is 4.90 Å². The van der Waals surface area contributed by atoms with Crippen molar-refractivity contribution in [2.45, 2.75) is 50.7 Å². The number of benzene rings is 1. The third-order valence-corrected chi connectivity index (χ3v) is 9.49. The third kappa shape index (κ3) is 3.92. The molecule has 2 aromatic rings.